The predicted molar refractivity (Wildman–Crippen MR) is 132 cm³/mol. The summed E-state index contributed by atoms with van der Waals surface area (Å²) in [5.41, 5.74) is 5.06. The Labute approximate surface area is 199 Å². The summed E-state index contributed by atoms with van der Waals surface area (Å²) < 4.78 is 13.1. The summed E-state index contributed by atoms with van der Waals surface area (Å²) in [5.74, 6) is 1.24. The van der Waals surface area contributed by atoms with Crippen molar-refractivity contribution >= 4 is 17.4 Å². The predicted octanol–water partition coefficient (Wildman–Crippen LogP) is 1.68. The van der Waals surface area contributed by atoms with Gasteiger partial charge in [0.1, 0.15) is 18.5 Å². The van der Waals surface area contributed by atoms with Gasteiger partial charge in [-0.25, -0.2) is 4.79 Å². The van der Waals surface area contributed by atoms with E-state index in [9.17, 15) is 14.4 Å². The van der Waals surface area contributed by atoms with Crippen LogP contribution in [-0.4, -0.2) is 59.8 Å². The van der Waals surface area contributed by atoms with Crippen molar-refractivity contribution in [2.75, 3.05) is 43.9 Å². The first-order valence-electron chi connectivity index (χ1n) is 11.7. The van der Waals surface area contributed by atoms with Crippen molar-refractivity contribution in [3.05, 3.63) is 45.1 Å². The van der Waals surface area contributed by atoms with E-state index in [0.717, 1.165) is 6.42 Å². The van der Waals surface area contributed by atoms with Crippen LogP contribution in [0.3, 0.4) is 0 Å². The van der Waals surface area contributed by atoms with Gasteiger partial charge in [0, 0.05) is 19.6 Å². The van der Waals surface area contributed by atoms with Crippen LogP contribution in [0.1, 0.15) is 33.6 Å². The van der Waals surface area contributed by atoms with Gasteiger partial charge in [-0.3, -0.25) is 24.0 Å². The van der Waals surface area contributed by atoms with Gasteiger partial charge in [-0.15, -0.1) is 0 Å². The largest absolute Gasteiger partial charge is 0.486 e. The van der Waals surface area contributed by atoms with E-state index >= 15 is 0 Å². The second kappa shape index (κ2) is 11.2. The van der Waals surface area contributed by atoms with E-state index in [-0.39, 0.29) is 36.0 Å². The Morgan fingerprint density at radius 1 is 1.26 bits per heavy atom. The Balaban J connectivity index is 1.77. The highest BCUT2D eigenvalue weighted by Gasteiger charge is 2.27. The van der Waals surface area contributed by atoms with Gasteiger partial charge in [-0.2, -0.15) is 0 Å². The zero-order valence-corrected chi connectivity index (χ0v) is 20.4. The number of nitrogen functional groups attached to an aromatic ring is 1. The number of H-pyrrole nitrogens is 1. The normalized spacial score (nSPS) is 15.1. The number of nitrogens with two attached hydrogens (primary N) is 1. The van der Waals surface area contributed by atoms with Crippen molar-refractivity contribution in [1.29, 1.82) is 0 Å². The van der Waals surface area contributed by atoms with Crippen LogP contribution in [-0.2, 0) is 11.3 Å². The van der Waals surface area contributed by atoms with Gasteiger partial charge in [0.15, 0.2) is 17.2 Å². The molecule has 2 aromatic rings. The lowest BCUT2D eigenvalue weighted by Crippen LogP contribution is -2.47. The molecule has 10 heteroatoms. The number of fused-ring (bicyclic) bond motifs is 1. The van der Waals surface area contributed by atoms with Gasteiger partial charge in [-0.1, -0.05) is 39.3 Å². The summed E-state index contributed by atoms with van der Waals surface area (Å²) >= 11 is 0. The van der Waals surface area contributed by atoms with Crippen LogP contribution < -0.4 is 31.4 Å². The molecule has 0 bridgehead atoms. The number of unbranched alkanes of at least 4 members (excludes halogenated alkanes) is 1. The van der Waals surface area contributed by atoms with Gasteiger partial charge in [0.25, 0.3) is 5.56 Å². The minimum atomic E-state index is -0.657. The number of ether oxygens (including phenoxy) is 2. The number of nitrogens with zero attached hydrogens (tertiary/aromatic N) is 3. The molecule has 0 radical (unpaired) electrons. The van der Waals surface area contributed by atoms with Gasteiger partial charge in [0.2, 0.25) is 5.91 Å². The molecule has 1 aromatic heterocycles. The Bertz CT molecular complexity index is 1110. The van der Waals surface area contributed by atoms with Crippen LogP contribution in [0.25, 0.3) is 0 Å². The molecule has 1 amide bonds. The molecule has 1 aromatic carbocycles. The van der Waals surface area contributed by atoms with Crippen LogP contribution in [0, 0.1) is 5.92 Å². The van der Waals surface area contributed by atoms with Crippen LogP contribution >= 0.6 is 0 Å². The zero-order valence-electron chi connectivity index (χ0n) is 20.4. The first-order valence-corrected chi connectivity index (χ1v) is 11.7. The number of hydrogen-bond acceptors (Lipinski definition) is 7. The summed E-state index contributed by atoms with van der Waals surface area (Å²) in [7, 11) is 1.81. The molecule has 2 heterocycles. The lowest BCUT2D eigenvalue weighted by molar-refractivity contribution is -0.119. The molecule has 0 saturated heterocycles. The molecule has 1 aliphatic heterocycles. The summed E-state index contributed by atoms with van der Waals surface area (Å²) in [6.07, 6.45) is 1.28. The molecular formula is C24H35N5O5. The standard InChI is InChI=1S/C24H35N5O5/c1-5-6-11-28(21-22(25)29(12-16(2)3)24(32)26-23(21)31)20(30)14-27(4)13-17-15-33-18-9-7-8-10-19(18)34-17/h7-10,16-17H,5-6,11-15,25H2,1-4H3,(H,26,31,32). The van der Waals surface area contributed by atoms with E-state index in [2.05, 4.69) is 4.98 Å². The molecule has 1 unspecified atom stereocenters. The van der Waals surface area contributed by atoms with Gasteiger partial charge in [0.05, 0.1) is 6.54 Å². The average molecular weight is 474 g/mol. The minimum absolute atomic E-state index is 0.00942. The molecule has 0 aliphatic carbocycles. The monoisotopic (exact) mass is 473 g/mol. The third kappa shape index (κ3) is 5.99. The number of aromatic nitrogens is 2. The Morgan fingerprint density at radius 2 is 1.97 bits per heavy atom. The van der Waals surface area contributed by atoms with Crippen molar-refractivity contribution in [3.63, 3.8) is 0 Å². The molecule has 186 valence electrons. The SMILES string of the molecule is CCCCN(C(=O)CN(C)CC1COc2ccccc2O1)c1c(N)n(CC(C)C)c(=O)[nH]c1=O. The average Bonchev–Trinajstić information content (AvgIpc) is 2.78. The van der Waals surface area contributed by atoms with E-state index in [1.165, 1.54) is 9.47 Å². The molecule has 0 saturated carbocycles. The second-order valence-electron chi connectivity index (χ2n) is 9.09. The van der Waals surface area contributed by atoms with Crippen LogP contribution in [0.4, 0.5) is 11.5 Å². The fraction of sp³-hybridized carbons (Fsp3) is 0.542. The van der Waals surface area contributed by atoms with E-state index in [1.807, 2.05) is 57.0 Å². The minimum Gasteiger partial charge on any atom is -0.486 e. The summed E-state index contributed by atoms with van der Waals surface area (Å²) in [6, 6.07) is 7.46. The van der Waals surface area contributed by atoms with E-state index in [1.54, 1.807) is 0 Å². The van der Waals surface area contributed by atoms with Crippen LogP contribution in [0.2, 0.25) is 0 Å². The summed E-state index contributed by atoms with van der Waals surface area (Å²) in [4.78, 5) is 44.0. The Kier molecular flexibility index (Phi) is 8.38. The van der Waals surface area contributed by atoms with E-state index in [0.29, 0.717) is 44.2 Å². The lowest BCUT2D eigenvalue weighted by Gasteiger charge is -2.31. The number of benzene rings is 1. The topological polar surface area (TPSA) is 123 Å². The van der Waals surface area contributed by atoms with E-state index < -0.39 is 11.2 Å². The number of carbonyl (C=O) groups is 1. The number of aromatic amines is 1. The molecule has 3 rings (SSSR count). The maximum atomic E-state index is 13.3. The molecule has 0 spiro atoms. The highest BCUT2D eigenvalue weighted by molar-refractivity contribution is 5.96. The van der Waals surface area contributed by atoms with Crippen molar-refractivity contribution < 1.29 is 14.3 Å². The quantitative estimate of drug-likeness (QED) is 0.538. The number of likely N-dealkylation sites (N-methyl/N-ethyl adjacent to an activating group) is 1. The highest BCUT2D eigenvalue weighted by Crippen LogP contribution is 2.31. The molecule has 3 N–H and O–H groups in total. The maximum absolute atomic E-state index is 13.3. The first-order chi connectivity index (χ1) is 16.2. The van der Waals surface area contributed by atoms with Gasteiger partial charge < -0.3 is 20.1 Å². The number of rotatable bonds is 10. The first kappa shape index (κ1) is 25.4. The molecule has 0 fully saturated rings. The number of anilines is 2. The number of amides is 1. The molecule has 10 nitrogen and oxygen atoms in total. The summed E-state index contributed by atoms with van der Waals surface area (Å²) in [6.45, 7) is 7.44. The van der Waals surface area contributed by atoms with Gasteiger partial charge in [-0.05, 0) is 31.5 Å². The lowest BCUT2D eigenvalue weighted by atomic mass is 10.2. The number of nitrogens with one attached hydrogen (secondary N) is 1. The fourth-order valence-electron chi connectivity index (χ4n) is 3.94. The summed E-state index contributed by atoms with van der Waals surface area (Å²) in [5, 5.41) is 0. The van der Waals surface area contributed by atoms with E-state index in [4.69, 9.17) is 15.2 Å². The van der Waals surface area contributed by atoms with Crippen molar-refractivity contribution in [3.8, 4) is 11.5 Å². The Morgan fingerprint density at radius 3 is 2.65 bits per heavy atom. The molecule has 34 heavy (non-hydrogen) atoms. The second-order valence-corrected chi connectivity index (χ2v) is 9.09. The highest BCUT2D eigenvalue weighted by atomic mass is 16.6. The third-order valence-electron chi connectivity index (χ3n) is 5.56. The van der Waals surface area contributed by atoms with Crippen LogP contribution in [0.15, 0.2) is 33.9 Å². The Hall–Kier alpha value is -3.27. The molecule has 1 atom stereocenters. The smallest absolute Gasteiger partial charge is 0.330 e. The maximum Gasteiger partial charge on any atom is 0.330 e. The van der Waals surface area contributed by atoms with Crippen LogP contribution in [0.5, 0.6) is 11.5 Å². The van der Waals surface area contributed by atoms with Gasteiger partial charge >= 0.3 is 5.69 Å². The molecule has 1 aliphatic rings. The number of carbonyl (C=O) groups excluding carboxylic acids is 1. The van der Waals surface area contributed by atoms with Crippen molar-refractivity contribution in [2.24, 2.45) is 5.92 Å². The van der Waals surface area contributed by atoms with Crippen molar-refractivity contribution in [2.45, 2.75) is 46.3 Å². The molecular weight excluding hydrogens is 438 g/mol. The number of hydrogen-bond donors (Lipinski definition) is 2. The third-order valence-corrected chi connectivity index (χ3v) is 5.56. The van der Waals surface area contributed by atoms with Crippen molar-refractivity contribution in [1.82, 2.24) is 14.5 Å². The number of para-hydroxylation sites is 2. The zero-order chi connectivity index (χ0) is 24.8. The fourth-order valence-corrected chi connectivity index (χ4v) is 3.94.